The zero-order chi connectivity index (χ0) is 20.8. The maximum atomic E-state index is 12.6. The Morgan fingerprint density at radius 1 is 1.03 bits per heavy atom. The Hall–Kier alpha value is -3.85. The van der Waals surface area contributed by atoms with Gasteiger partial charge in [0.25, 0.3) is 5.91 Å². The Balaban J connectivity index is 1.44. The monoisotopic (exact) mass is 419 g/mol. The van der Waals surface area contributed by atoms with E-state index in [9.17, 15) is 4.79 Å². The quantitative estimate of drug-likeness (QED) is 0.486. The number of benzene rings is 1. The highest BCUT2D eigenvalue weighted by atomic mass is 32.1. The van der Waals surface area contributed by atoms with E-state index in [0.29, 0.717) is 33.8 Å². The molecule has 4 rings (SSSR count). The smallest absolute Gasteiger partial charge is 0.257 e. The maximum absolute atomic E-state index is 12.6. The number of carbonyl (C=O) groups excluding carboxylic acids is 1. The molecule has 0 saturated carbocycles. The lowest BCUT2D eigenvalue weighted by Crippen LogP contribution is -2.12. The number of aromatic nitrogens is 4. The van der Waals surface area contributed by atoms with E-state index >= 15 is 0 Å². The van der Waals surface area contributed by atoms with Crippen molar-refractivity contribution in [3.63, 3.8) is 0 Å². The van der Waals surface area contributed by atoms with Crippen LogP contribution in [0.3, 0.4) is 0 Å². The van der Waals surface area contributed by atoms with Gasteiger partial charge in [-0.3, -0.25) is 20.1 Å². The number of rotatable bonds is 7. The second-order valence-corrected chi connectivity index (χ2v) is 7.10. The molecular weight excluding hydrogens is 402 g/mol. The molecule has 0 aliphatic rings. The molecule has 0 saturated heterocycles. The van der Waals surface area contributed by atoms with Gasteiger partial charge in [-0.2, -0.15) is 0 Å². The second kappa shape index (κ2) is 9.10. The highest BCUT2D eigenvalue weighted by Crippen LogP contribution is 2.30. The first kappa shape index (κ1) is 19.5. The van der Waals surface area contributed by atoms with Crippen molar-refractivity contribution in [3.05, 3.63) is 78.4 Å². The van der Waals surface area contributed by atoms with E-state index in [0.717, 1.165) is 11.1 Å². The van der Waals surface area contributed by atoms with Crippen molar-refractivity contribution in [2.75, 3.05) is 12.4 Å². The number of hydrogen-bond acceptors (Lipinski definition) is 8. The van der Waals surface area contributed by atoms with Crippen LogP contribution in [0.5, 0.6) is 11.5 Å². The molecule has 150 valence electrons. The molecule has 1 amide bonds. The summed E-state index contributed by atoms with van der Waals surface area (Å²) in [4.78, 5) is 20.7. The third kappa shape index (κ3) is 4.58. The van der Waals surface area contributed by atoms with E-state index in [1.165, 1.54) is 18.4 Å². The van der Waals surface area contributed by atoms with Crippen LogP contribution in [0.1, 0.15) is 15.9 Å². The normalized spacial score (nSPS) is 10.4. The lowest BCUT2D eigenvalue weighted by molar-refractivity contribution is 0.102. The highest BCUT2D eigenvalue weighted by Gasteiger charge is 2.14. The van der Waals surface area contributed by atoms with Crippen molar-refractivity contribution in [3.8, 4) is 22.1 Å². The number of pyridine rings is 2. The van der Waals surface area contributed by atoms with Crippen LogP contribution in [0.25, 0.3) is 10.6 Å². The van der Waals surface area contributed by atoms with E-state index < -0.39 is 0 Å². The van der Waals surface area contributed by atoms with Crippen LogP contribution in [0, 0.1) is 0 Å². The minimum absolute atomic E-state index is 0.315. The summed E-state index contributed by atoms with van der Waals surface area (Å²) in [5.41, 5.74) is 2.24. The molecule has 9 heteroatoms. The Bertz CT molecular complexity index is 1140. The van der Waals surface area contributed by atoms with Gasteiger partial charge in [-0.25, -0.2) is 0 Å². The summed E-state index contributed by atoms with van der Waals surface area (Å²) >= 11 is 1.28. The predicted octanol–water partition coefficient (Wildman–Crippen LogP) is 3.84. The average molecular weight is 419 g/mol. The van der Waals surface area contributed by atoms with Gasteiger partial charge < -0.3 is 9.47 Å². The van der Waals surface area contributed by atoms with Crippen molar-refractivity contribution in [1.29, 1.82) is 0 Å². The molecule has 0 spiro atoms. The number of amides is 1. The molecule has 1 N–H and O–H groups in total. The van der Waals surface area contributed by atoms with Crippen molar-refractivity contribution in [2.45, 2.75) is 6.61 Å². The largest absolute Gasteiger partial charge is 0.493 e. The molecule has 3 heterocycles. The van der Waals surface area contributed by atoms with Crippen LogP contribution in [0.2, 0.25) is 0 Å². The Morgan fingerprint density at radius 2 is 1.90 bits per heavy atom. The Labute approximate surface area is 176 Å². The fourth-order valence-electron chi connectivity index (χ4n) is 2.63. The lowest BCUT2D eigenvalue weighted by atomic mass is 10.2. The zero-order valence-corrected chi connectivity index (χ0v) is 16.8. The Kier molecular flexibility index (Phi) is 5.90. The summed E-state index contributed by atoms with van der Waals surface area (Å²) < 4.78 is 11.2. The van der Waals surface area contributed by atoms with Gasteiger partial charge >= 0.3 is 0 Å². The van der Waals surface area contributed by atoms with Crippen LogP contribution in [-0.4, -0.2) is 33.2 Å². The van der Waals surface area contributed by atoms with Gasteiger partial charge in [-0.1, -0.05) is 17.4 Å². The van der Waals surface area contributed by atoms with Gasteiger partial charge in [0.15, 0.2) is 11.5 Å². The van der Waals surface area contributed by atoms with Crippen molar-refractivity contribution in [1.82, 2.24) is 20.2 Å². The topological polar surface area (TPSA) is 99.1 Å². The molecule has 3 aromatic heterocycles. The third-order valence-electron chi connectivity index (χ3n) is 4.12. The van der Waals surface area contributed by atoms with Crippen LogP contribution >= 0.6 is 11.3 Å². The molecule has 4 aromatic rings. The number of nitrogens with one attached hydrogen (secondary N) is 1. The first-order valence-corrected chi connectivity index (χ1v) is 9.79. The van der Waals surface area contributed by atoms with Gasteiger partial charge in [0.05, 0.1) is 7.11 Å². The summed E-state index contributed by atoms with van der Waals surface area (Å²) in [6, 6.07) is 12.4. The van der Waals surface area contributed by atoms with Gasteiger partial charge in [0.2, 0.25) is 5.13 Å². The van der Waals surface area contributed by atoms with E-state index in [-0.39, 0.29) is 5.91 Å². The fraction of sp³-hybridized carbons (Fsp3) is 0.0952. The molecule has 0 unspecified atom stereocenters. The SMILES string of the molecule is COc1cc(C(=O)Nc2nnc(-c3ccncc3)s2)ccc1OCc1cccnc1. The number of methoxy groups -OCH3 is 1. The van der Waals surface area contributed by atoms with Crippen LogP contribution in [0.4, 0.5) is 5.13 Å². The third-order valence-corrected chi connectivity index (χ3v) is 5.00. The summed E-state index contributed by atoms with van der Waals surface area (Å²) in [6.45, 7) is 0.346. The van der Waals surface area contributed by atoms with Gasteiger partial charge in [0.1, 0.15) is 11.6 Å². The van der Waals surface area contributed by atoms with Crippen LogP contribution < -0.4 is 14.8 Å². The molecule has 0 aliphatic heterocycles. The van der Waals surface area contributed by atoms with Crippen molar-refractivity contribution in [2.24, 2.45) is 0 Å². The van der Waals surface area contributed by atoms with Crippen molar-refractivity contribution >= 4 is 22.4 Å². The molecule has 30 heavy (non-hydrogen) atoms. The molecule has 0 radical (unpaired) electrons. The number of nitrogens with zero attached hydrogens (tertiary/aromatic N) is 4. The maximum Gasteiger partial charge on any atom is 0.257 e. The number of ether oxygens (including phenoxy) is 2. The summed E-state index contributed by atoms with van der Waals surface area (Å²) in [5.74, 6) is 0.680. The Morgan fingerprint density at radius 3 is 2.67 bits per heavy atom. The molecular formula is C21H17N5O3S. The zero-order valence-electron chi connectivity index (χ0n) is 16.0. The van der Waals surface area contributed by atoms with Gasteiger partial charge in [0, 0.05) is 41.5 Å². The fourth-order valence-corrected chi connectivity index (χ4v) is 3.37. The standard InChI is InChI=1S/C21H17N5O3S/c1-28-18-11-16(4-5-17(18)29-13-14-3-2-8-23-12-14)19(27)24-21-26-25-20(30-21)15-6-9-22-10-7-15/h2-12H,13H2,1H3,(H,24,26,27). The summed E-state index contributed by atoms with van der Waals surface area (Å²) in [7, 11) is 1.53. The number of anilines is 1. The van der Waals surface area contributed by atoms with Crippen LogP contribution in [0.15, 0.2) is 67.3 Å². The first-order chi connectivity index (χ1) is 14.7. The molecule has 0 fully saturated rings. The summed E-state index contributed by atoms with van der Waals surface area (Å²) in [5, 5.41) is 12.0. The second-order valence-electron chi connectivity index (χ2n) is 6.12. The van der Waals surface area contributed by atoms with Crippen LogP contribution in [-0.2, 0) is 6.61 Å². The van der Waals surface area contributed by atoms with Gasteiger partial charge in [-0.15, -0.1) is 10.2 Å². The minimum Gasteiger partial charge on any atom is -0.493 e. The van der Waals surface area contributed by atoms with Crippen molar-refractivity contribution < 1.29 is 14.3 Å². The molecule has 1 aromatic carbocycles. The first-order valence-electron chi connectivity index (χ1n) is 8.98. The van der Waals surface area contributed by atoms with E-state index in [1.807, 2.05) is 24.3 Å². The van der Waals surface area contributed by atoms with Gasteiger partial charge in [-0.05, 0) is 36.4 Å². The summed E-state index contributed by atoms with van der Waals surface area (Å²) in [6.07, 6.45) is 6.80. The number of carbonyl (C=O) groups is 1. The molecule has 8 nitrogen and oxygen atoms in total. The number of hydrogen-bond donors (Lipinski definition) is 1. The highest BCUT2D eigenvalue weighted by molar-refractivity contribution is 7.18. The van der Waals surface area contributed by atoms with E-state index in [2.05, 4.69) is 25.5 Å². The average Bonchev–Trinajstić information content (AvgIpc) is 3.27. The predicted molar refractivity (Wildman–Crippen MR) is 113 cm³/mol. The molecule has 0 atom stereocenters. The lowest BCUT2D eigenvalue weighted by Gasteiger charge is -2.12. The van der Waals surface area contributed by atoms with E-state index in [4.69, 9.17) is 9.47 Å². The molecule has 0 bridgehead atoms. The molecule has 0 aliphatic carbocycles. The minimum atomic E-state index is -0.315. The van der Waals surface area contributed by atoms with E-state index in [1.54, 1.807) is 43.0 Å².